The van der Waals surface area contributed by atoms with Crippen LogP contribution >= 0.6 is 0 Å². The molecule has 0 fully saturated rings. The highest BCUT2D eigenvalue weighted by Gasteiger charge is 2.22. The standard InChI is InChI=1S/C14H18O2/c1-9(2)10(3)14(15)13-8-11-6-4-5-7-12(11)16-13/h4-10,14-15H,1-3H3. The van der Waals surface area contributed by atoms with Crippen LogP contribution in [0.1, 0.15) is 32.6 Å². The Balaban J connectivity index is 2.33. The summed E-state index contributed by atoms with van der Waals surface area (Å²) in [5, 5.41) is 11.2. The van der Waals surface area contributed by atoms with E-state index in [0.29, 0.717) is 11.7 Å². The lowest BCUT2D eigenvalue weighted by Crippen LogP contribution is -2.14. The number of para-hydroxylation sites is 1. The van der Waals surface area contributed by atoms with Crippen molar-refractivity contribution in [2.45, 2.75) is 26.9 Å². The fraction of sp³-hybridized carbons (Fsp3) is 0.429. The van der Waals surface area contributed by atoms with Gasteiger partial charge in [0.1, 0.15) is 17.4 Å². The van der Waals surface area contributed by atoms with Crippen LogP contribution in [0.3, 0.4) is 0 Å². The summed E-state index contributed by atoms with van der Waals surface area (Å²) >= 11 is 0. The average molecular weight is 218 g/mol. The summed E-state index contributed by atoms with van der Waals surface area (Å²) in [6, 6.07) is 9.76. The van der Waals surface area contributed by atoms with Crippen molar-refractivity contribution in [2.75, 3.05) is 0 Å². The lowest BCUT2D eigenvalue weighted by molar-refractivity contribution is 0.0731. The van der Waals surface area contributed by atoms with Gasteiger partial charge in [-0.1, -0.05) is 39.0 Å². The quantitative estimate of drug-likeness (QED) is 0.851. The molecule has 0 amide bonds. The SMILES string of the molecule is CC(C)C(C)C(O)c1cc2ccccc2o1. The summed E-state index contributed by atoms with van der Waals surface area (Å²) in [6.45, 7) is 6.26. The molecule has 0 radical (unpaired) electrons. The van der Waals surface area contributed by atoms with Crippen molar-refractivity contribution in [2.24, 2.45) is 11.8 Å². The number of hydrogen-bond acceptors (Lipinski definition) is 2. The minimum atomic E-state index is -0.521. The first kappa shape index (κ1) is 11.2. The summed E-state index contributed by atoms with van der Waals surface area (Å²) in [6.07, 6.45) is -0.521. The van der Waals surface area contributed by atoms with E-state index < -0.39 is 6.10 Å². The van der Waals surface area contributed by atoms with Gasteiger partial charge in [-0.2, -0.15) is 0 Å². The second kappa shape index (κ2) is 4.30. The van der Waals surface area contributed by atoms with E-state index in [4.69, 9.17) is 4.42 Å². The summed E-state index contributed by atoms with van der Waals surface area (Å²) in [7, 11) is 0. The second-order valence-electron chi connectivity index (χ2n) is 4.73. The molecule has 2 unspecified atom stereocenters. The summed E-state index contributed by atoms with van der Waals surface area (Å²) < 4.78 is 5.65. The smallest absolute Gasteiger partial charge is 0.134 e. The molecule has 2 rings (SSSR count). The molecule has 2 atom stereocenters. The third-order valence-corrected chi connectivity index (χ3v) is 3.29. The fourth-order valence-electron chi connectivity index (χ4n) is 1.77. The first-order chi connectivity index (χ1) is 7.59. The predicted octanol–water partition coefficient (Wildman–Crippen LogP) is 3.76. The van der Waals surface area contributed by atoms with Crippen molar-refractivity contribution < 1.29 is 9.52 Å². The number of aliphatic hydroxyl groups excluding tert-OH is 1. The van der Waals surface area contributed by atoms with Gasteiger partial charge in [0, 0.05) is 5.39 Å². The Morgan fingerprint density at radius 1 is 1.12 bits per heavy atom. The first-order valence-electron chi connectivity index (χ1n) is 5.76. The summed E-state index contributed by atoms with van der Waals surface area (Å²) in [4.78, 5) is 0. The van der Waals surface area contributed by atoms with Gasteiger partial charge in [-0.25, -0.2) is 0 Å². The molecule has 0 aliphatic heterocycles. The Morgan fingerprint density at radius 3 is 2.44 bits per heavy atom. The summed E-state index contributed by atoms with van der Waals surface area (Å²) in [5.41, 5.74) is 0.840. The molecule has 0 spiro atoms. The Kier molecular flexibility index (Phi) is 3.01. The number of aliphatic hydroxyl groups is 1. The van der Waals surface area contributed by atoms with Crippen molar-refractivity contribution in [3.8, 4) is 0 Å². The number of fused-ring (bicyclic) bond motifs is 1. The zero-order valence-corrected chi connectivity index (χ0v) is 9.97. The van der Waals surface area contributed by atoms with Crippen LogP contribution in [0.15, 0.2) is 34.7 Å². The van der Waals surface area contributed by atoms with E-state index in [0.717, 1.165) is 11.0 Å². The maximum Gasteiger partial charge on any atom is 0.134 e. The molecule has 1 N–H and O–H groups in total. The highest BCUT2D eigenvalue weighted by Crippen LogP contribution is 2.31. The van der Waals surface area contributed by atoms with Crippen molar-refractivity contribution >= 4 is 11.0 Å². The molecule has 0 aliphatic rings. The Labute approximate surface area is 95.9 Å². The van der Waals surface area contributed by atoms with E-state index in [1.807, 2.05) is 37.3 Å². The van der Waals surface area contributed by atoms with Crippen LogP contribution in [-0.4, -0.2) is 5.11 Å². The number of benzene rings is 1. The van der Waals surface area contributed by atoms with Crippen molar-refractivity contribution in [1.82, 2.24) is 0 Å². The zero-order chi connectivity index (χ0) is 11.7. The van der Waals surface area contributed by atoms with E-state index in [2.05, 4.69) is 13.8 Å². The Morgan fingerprint density at radius 2 is 1.81 bits per heavy atom. The van der Waals surface area contributed by atoms with Gasteiger partial charge < -0.3 is 9.52 Å². The molecule has 1 aromatic heterocycles. The van der Waals surface area contributed by atoms with Gasteiger partial charge >= 0.3 is 0 Å². The van der Waals surface area contributed by atoms with E-state index in [-0.39, 0.29) is 5.92 Å². The van der Waals surface area contributed by atoms with Gasteiger partial charge in [-0.05, 0) is 24.0 Å². The van der Waals surface area contributed by atoms with Gasteiger partial charge in [0.05, 0.1) is 0 Å². The molecular formula is C14H18O2. The Hall–Kier alpha value is -1.28. The minimum absolute atomic E-state index is 0.195. The van der Waals surface area contributed by atoms with Crippen LogP contribution in [0.25, 0.3) is 11.0 Å². The minimum Gasteiger partial charge on any atom is -0.458 e. The van der Waals surface area contributed by atoms with Gasteiger partial charge in [0.15, 0.2) is 0 Å². The monoisotopic (exact) mass is 218 g/mol. The normalized spacial score (nSPS) is 15.6. The van der Waals surface area contributed by atoms with Gasteiger partial charge in [-0.15, -0.1) is 0 Å². The van der Waals surface area contributed by atoms with Crippen molar-refractivity contribution in [1.29, 1.82) is 0 Å². The highest BCUT2D eigenvalue weighted by molar-refractivity contribution is 5.77. The molecule has 86 valence electrons. The summed E-state index contributed by atoms with van der Waals surface area (Å²) in [5.74, 6) is 1.30. The second-order valence-corrected chi connectivity index (χ2v) is 4.73. The van der Waals surface area contributed by atoms with Gasteiger partial charge in [0.2, 0.25) is 0 Å². The molecule has 16 heavy (non-hydrogen) atoms. The van der Waals surface area contributed by atoms with Gasteiger partial charge in [-0.3, -0.25) is 0 Å². The maximum absolute atomic E-state index is 10.2. The number of hydrogen-bond donors (Lipinski definition) is 1. The first-order valence-corrected chi connectivity index (χ1v) is 5.76. The van der Waals surface area contributed by atoms with Crippen LogP contribution in [0.5, 0.6) is 0 Å². The molecule has 1 heterocycles. The van der Waals surface area contributed by atoms with Crippen molar-refractivity contribution in [3.05, 3.63) is 36.1 Å². The number of furan rings is 1. The van der Waals surface area contributed by atoms with Crippen LogP contribution in [0, 0.1) is 11.8 Å². The average Bonchev–Trinajstić information content (AvgIpc) is 2.70. The molecule has 0 aliphatic carbocycles. The zero-order valence-electron chi connectivity index (χ0n) is 9.97. The van der Waals surface area contributed by atoms with Crippen molar-refractivity contribution in [3.63, 3.8) is 0 Å². The third kappa shape index (κ3) is 1.98. The molecule has 2 heteroatoms. The van der Waals surface area contributed by atoms with E-state index in [1.54, 1.807) is 0 Å². The van der Waals surface area contributed by atoms with E-state index in [1.165, 1.54) is 0 Å². The van der Waals surface area contributed by atoms with Crippen LogP contribution < -0.4 is 0 Å². The van der Waals surface area contributed by atoms with Crippen LogP contribution in [0.4, 0.5) is 0 Å². The maximum atomic E-state index is 10.2. The molecule has 0 saturated carbocycles. The predicted molar refractivity (Wildman–Crippen MR) is 65.2 cm³/mol. The Bertz CT molecular complexity index is 437. The molecule has 0 saturated heterocycles. The molecule has 0 bridgehead atoms. The lowest BCUT2D eigenvalue weighted by atomic mass is 9.91. The van der Waals surface area contributed by atoms with E-state index in [9.17, 15) is 5.11 Å². The molecular weight excluding hydrogens is 200 g/mol. The largest absolute Gasteiger partial charge is 0.458 e. The topological polar surface area (TPSA) is 33.4 Å². The highest BCUT2D eigenvalue weighted by atomic mass is 16.4. The van der Waals surface area contributed by atoms with E-state index >= 15 is 0 Å². The third-order valence-electron chi connectivity index (χ3n) is 3.29. The molecule has 2 nitrogen and oxygen atoms in total. The molecule has 2 aromatic rings. The van der Waals surface area contributed by atoms with Crippen LogP contribution in [0.2, 0.25) is 0 Å². The number of rotatable bonds is 3. The van der Waals surface area contributed by atoms with Gasteiger partial charge in [0.25, 0.3) is 0 Å². The molecule has 1 aromatic carbocycles. The lowest BCUT2D eigenvalue weighted by Gasteiger charge is -2.20. The fourth-order valence-corrected chi connectivity index (χ4v) is 1.77. The van der Waals surface area contributed by atoms with Crippen LogP contribution in [-0.2, 0) is 0 Å².